The highest BCUT2D eigenvalue weighted by Gasteiger charge is 2.10. The molecular weight excluding hydrogens is 419 g/mol. The molecule has 0 bridgehead atoms. The van der Waals surface area contributed by atoms with Gasteiger partial charge in [-0.3, -0.25) is 4.90 Å². The summed E-state index contributed by atoms with van der Waals surface area (Å²) in [7, 11) is 0. The molecule has 0 saturated carbocycles. The summed E-state index contributed by atoms with van der Waals surface area (Å²) < 4.78 is 20.5. The Kier molecular flexibility index (Phi) is 6.57. The molecule has 33 heavy (non-hydrogen) atoms. The molecule has 7 nitrogen and oxygen atoms in total. The number of ether oxygens (including phenoxy) is 1. The lowest BCUT2D eigenvalue weighted by Gasteiger charge is -2.26. The van der Waals surface area contributed by atoms with Gasteiger partial charge in [0.15, 0.2) is 5.65 Å². The minimum Gasteiger partial charge on any atom is -0.379 e. The average molecular weight is 447 g/mol. The van der Waals surface area contributed by atoms with Crippen molar-refractivity contribution in [1.29, 1.82) is 0 Å². The van der Waals surface area contributed by atoms with Crippen molar-refractivity contribution in [3.63, 3.8) is 0 Å². The summed E-state index contributed by atoms with van der Waals surface area (Å²) in [5.41, 5.74) is 4.60. The molecule has 3 heterocycles. The lowest BCUT2D eigenvalue weighted by Crippen LogP contribution is -2.40. The summed E-state index contributed by atoms with van der Waals surface area (Å²) in [4.78, 5) is 7.00. The molecule has 8 heteroatoms. The summed E-state index contributed by atoms with van der Waals surface area (Å²) in [6.07, 6.45) is 0. The largest absolute Gasteiger partial charge is 0.379 e. The molecule has 5 rings (SSSR count). The van der Waals surface area contributed by atoms with Gasteiger partial charge in [0.25, 0.3) is 0 Å². The SMILES string of the molecule is Fc1ccc(-c2cccc3nc(Nc4ccc(CNCCN5CCOCC5)cc4)nn23)cc1. The van der Waals surface area contributed by atoms with Crippen molar-refractivity contribution in [2.45, 2.75) is 6.54 Å². The Morgan fingerprint density at radius 1 is 0.939 bits per heavy atom. The normalized spacial score (nSPS) is 14.6. The number of nitrogens with zero attached hydrogens (tertiary/aromatic N) is 4. The Bertz CT molecular complexity index is 1190. The maximum Gasteiger partial charge on any atom is 0.247 e. The number of halogens is 1. The standard InChI is InChI=1S/C25H27FN6O/c26-21-8-6-20(7-9-21)23-2-1-3-24-29-25(30-32(23)24)28-22-10-4-19(5-11-22)18-27-12-13-31-14-16-33-17-15-31/h1-11,27H,12-18H2,(H,28,30). The van der Waals surface area contributed by atoms with Crippen LogP contribution < -0.4 is 10.6 Å². The molecule has 2 N–H and O–H groups in total. The van der Waals surface area contributed by atoms with Crippen molar-refractivity contribution in [3.8, 4) is 11.3 Å². The van der Waals surface area contributed by atoms with Crippen molar-refractivity contribution in [3.05, 3.63) is 78.1 Å². The number of benzene rings is 2. The van der Waals surface area contributed by atoms with E-state index in [4.69, 9.17) is 4.74 Å². The number of pyridine rings is 1. The molecule has 0 atom stereocenters. The van der Waals surface area contributed by atoms with Crippen molar-refractivity contribution >= 4 is 17.3 Å². The first-order valence-electron chi connectivity index (χ1n) is 11.2. The van der Waals surface area contributed by atoms with E-state index in [9.17, 15) is 4.39 Å². The Hall–Kier alpha value is -3.33. The van der Waals surface area contributed by atoms with E-state index in [0.717, 1.165) is 68.5 Å². The first-order valence-corrected chi connectivity index (χ1v) is 11.2. The number of fused-ring (bicyclic) bond motifs is 1. The molecule has 1 fully saturated rings. The molecule has 0 aliphatic carbocycles. The quantitative estimate of drug-likeness (QED) is 0.403. The number of nitrogens with one attached hydrogen (secondary N) is 2. The Balaban J connectivity index is 1.20. The smallest absolute Gasteiger partial charge is 0.247 e. The van der Waals surface area contributed by atoms with E-state index in [0.29, 0.717) is 5.95 Å². The highest BCUT2D eigenvalue weighted by Crippen LogP contribution is 2.22. The minimum absolute atomic E-state index is 0.261. The fourth-order valence-electron chi connectivity index (χ4n) is 3.93. The molecule has 0 radical (unpaired) electrons. The molecule has 0 unspecified atom stereocenters. The number of morpholine rings is 1. The van der Waals surface area contributed by atoms with E-state index in [1.54, 1.807) is 16.6 Å². The first-order chi connectivity index (χ1) is 16.2. The van der Waals surface area contributed by atoms with Crippen molar-refractivity contribution in [2.24, 2.45) is 0 Å². The second kappa shape index (κ2) is 10.1. The summed E-state index contributed by atoms with van der Waals surface area (Å²) in [6.45, 7) is 6.55. The van der Waals surface area contributed by atoms with Gasteiger partial charge < -0.3 is 15.4 Å². The van der Waals surface area contributed by atoms with Crippen LogP contribution in [-0.2, 0) is 11.3 Å². The van der Waals surface area contributed by atoms with Crippen LogP contribution >= 0.6 is 0 Å². The second-order valence-corrected chi connectivity index (χ2v) is 8.08. The molecular formula is C25H27FN6O. The molecule has 0 spiro atoms. The van der Waals surface area contributed by atoms with Crippen molar-refractivity contribution in [1.82, 2.24) is 24.8 Å². The van der Waals surface area contributed by atoms with Gasteiger partial charge in [-0.25, -0.2) is 8.91 Å². The third kappa shape index (κ3) is 5.36. The van der Waals surface area contributed by atoms with E-state index in [2.05, 4.69) is 37.7 Å². The average Bonchev–Trinajstić information content (AvgIpc) is 3.27. The molecule has 2 aromatic heterocycles. The summed E-state index contributed by atoms with van der Waals surface area (Å²) >= 11 is 0. The van der Waals surface area contributed by atoms with Crippen LogP contribution in [0.4, 0.5) is 16.0 Å². The van der Waals surface area contributed by atoms with Gasteiger partial charge in [0.05, 0.1) is 18.9 Å². The molecule has 0 amide bonds. The van der Waals surface area contributed by atoms with E-state index in [1.807, 2.05) is 30.3 Å². The number of hydrogen-bond donors (Lipinski definition) is 2. The van der Waals surface area contributed by atoms with Crippen molar-refractivity contribution < 1.29 is 9.13 Å². The van der Waals surface area contributed by atoms with Gasteiger partial charge in [-0.1, -0.05) is 18.2 Å². The van der Waals surface area contributed by atoms with E-state index < -0.39 is 0 Å². The zero-order chi connectivity index (χ0) is 22.5. The number of hydrogen-bond acceptors (Lipinski definition) is 6. The fraction of sp³-hybridized carbons (Fsp3) is 0.280. The van der Waals surface area contributed by atoms with E-state index in [-0.39, 0.29) is 5.82 Å². The third-order valence-corrected chi connectivity index (χ3v) is 5.75. The Morgan fingerprint density at radius 2 is 1.73 bits per heavy atom. The minimum atomic E-state index is -0.261. The van der Waals surface area contributed by atoms with Gasteiger partial charge in [-0.2, -0.15) is 4.98 Å². The lowest BCUT2D eigenvalue weighted by molar-refractivity contribution is 0.0384. The predicted molar refractivity (Wildman–Crippen MR) is 127 cm³/mol. The zero-order valence-electron chi connectivity index (χ0n) is 18.4. The third-order valence-electron chi connectivity index (χ3n) is 5.75. The van der Waals surface area contributed by atoms with Gasteiger partial charge in [0.1, 0.15) is 5.82 Å². The molecule has 170 valence electrons. The van der Waals surface area contributed by atoms with Crippen LogP contribution in [0, 0.1) is 5.82 Å². The Labute approximate surface area is 192 Å². The number of aromatic nitrogens is 3. The molecule has 4 aromatic rings. The highest BCUT2D eigenvalue weighted by molar-refractivity contribution is 5.64. The van der Waals surface area contributed by atoms with Crippen LogP contribution in [0.25, 0.3) is 16.9 Å². The fourth-order valence-corrected chi connectivity index (χ4v) is 3.93. The summed E-state index contributed by atoms with van der Waals surface area (Å²) in [5, 5.41) is 11.4. The predicted octanol–water partition coefficient (Wildman–Crippen LogP) is 3.70. The number of rotatable bonds is 8. The van der Waals surface area contributed by atoms with Crippen LogP contribution in [0.15, 0.2) is 66.7 Å². The van der Waals surface area contributed by atoms with Crippen LogP contribution in [0.1, 0.15) is 5.56 Å². The van der Waals surface area contributed by atoms with E-state index >= 15 is 0 Å². The number of anilines is 2. The van der Waals surface area contributed by atoms with Crippen LogP contribution in [-0.4, -0.2) is 58.9 Å². The highest BCUT2D eigenvalue weighted by atomic mass is 19.1. The zero-order valence-corrected chi connectivity index (χ0v) is 18.4. The topological polar surface area (TPSA) is 66.7 Å². The van der Waals surface area contributed by atoms with Gasteiger partial charge >= 0.3 is 0 Å². The lowest BCUT2D eigenvalue weighted by atomic mass is 10.1. The molecule has 1 saturated heterocycles. The maximum atomic E-state index is 13.3. The van der Waals surface area contributed by atoms with Crippen LogP contribution in [0.2, 0.25) is 0 Å². The van der Waals surface area contributed by atoms with Crippen LogP contribution in [0.3, 0.4) is 0 Å². The maximum absolute atomic E-state index is 13.3. The van der Waals surface area contributed by atoms with E-state index in [1.165, 1.54) is 17.7 Å². The Morgan fingerprint density at radius 3 is 2.52 bits per heavy atom. The molecule has 2 aromatic carbocycles. The van der Waals surface area contributed by atoms with Gasteiger partial charge in [-0.15, -0.1) is 5.10 Å². The summed E-state index contributed by atoms with van der Waals surface area (Å²) in [6, 6.07) is 20.4. The second-order valence-electron chi connectivity index (χ2n) is 8.08. The van der Waals surface area contributed by atoms with Gasteiger partial charge in [-0.05, 0) is 54.1 Å². The van der Waals surface area contributed by atoms with Gasteiger partial charge in [0.2, 0.25) is 5.95 Å². The monoisotopic (exact) mass is 446 g/mol. The summed E-state index contributed by atoms with van der Waals surface area (Å²) in [5.74, 6) is 0.253. The molecule has 1 aliphatic rings. The van der Waals surface area contributed by atoms with Gasteiger partial charge in [0, 0.05) is 44.0 Å². The van der Waals surface area contributed by atoms with Crippen LogP contribution in [0.5, 0.6) is 0 Å². The molecule has 1 aliphatic heterocycles. The van der Waals surface area contributed by atoms with Crippen molar-refractivity contribution in [2.75, 3.05) is 44.7 Å². The first kappa shape index (κ1) is 21.5.